The second-order valence-corrected chi connectivity index (χ2v) is 5.11. The molecule has 1 aromatic carbocycles. The van der Waals surface area contributed by atoms with Gasteiger partial charge >= 0.3 is 0 Å². The molecule has 0 radical (unpaired) electrons. The van der Waals surface area contributed by atoms with Crippen molar-refractivity contribution in [1.29, 1.82) is 0 Å². The average Bonchev–Trinajstić information content (AvgIpc) is 2.38. The van der Waals surface area contributed by atoms with Gasteiger partial charge in [-0.3, -0.25) is 4.79 Å². The van der Waals surface area contributed by atoms with Crippen molar-refractivity contribution in [2.75, 3.05) is 18.8 Å². The molecule has 4 heteroatoms. The summed E-state index contributed by atoms with van der Waals surface area (Å²) in [5.41, 5.74) is 1.28. The minimum Gasteiger partial charge on any atom is -0.356 e. The molecule has 0 aromatic heterocycles. The first-order valence-corrected chi connectivity index (χ1v) is 7.44. The number of hydrogen-bond donors (Lipinski definition) is 2. The third kappa shape index (κ3) is 6.07. The fraction of sp³-hybridized carbons (Fsp3) is 0.500. The molecule has 1 aromatic rings. The summed E-state index contributed by atoms with van der Waals surface area (Å²) in [5, 5.41) is 6.16. The van der Waals surface area contributed by atoms with Gasteiger partial charge in [-0.1, -0.05) is 19.1 Å². The van der Waals surface area contributed by atoms with Gasteiger partial charge in [0.05, 0.1) is 5.75 Å². The van der Waals surface area contributed by atoms with E-state index in [2.05, 4.69) is 41.8 Å². The Morgan fingerprint density at radius 1 is 1.22 bits per heavy atom. The van der Waals surface area contributed by atoms with E-state index in [-0.39, 0.29) is 5.91 Å². The van der Waals surface area contributed by atoms with E-state index in [1.807, 2.05) is 6.92 Å². The van der Waals surface area contributed by atoms with Crippen molar-refractivity contribution in [3.05, 3.63) is 29.8 Å². The van der Waals surface area contributed by atoms with E-state index in [9.17, 15) is 4.79 Å². The monoisotopic (exact) mass is 266 g/mol. The normalized spacial score (nSPS) is 10.3. The van der Waals surface area contributed by atoms with Crippen LogP contribution in [0.1, 0.15) is 25.8 Å². The molecule has 0 atom stereocenters. The summed E-state index contributed by atoms with van der Waals surface area (Å²) < 4.78 is 0. The summed E-state index contributed by atoms with van der Waals surface area (Å²) in [6, 6.07) is 8.38. The van der Waals surface area contributed by atoms with Gasteiger partial charge in [-0.05, 0) is 37.6 Å². The predicted octanol–water partition coefficient (Wildman–Crippen LogP) is 2.41. The summed E-state index contributed by atoms with van der Waals surface area (Å²) in [6.45, 7) is 6.75. The minimum atomic E-state index is 0.0937. The van der Waals surface area contributed by atoms with Gasteiger partial charge in [-0.15, -0.1) is 11.8 Å². The molecule has 0 saturated heterocycles. The lowest BCUT2D eigenvalue weighted by Gasteiger charge is -2.05. The lowest BCUT2D eigenvalue weighted by molar-refractivity contribution is -0.118. The van der Waals surface area contributed by atoms with Gasteiger partial charge in [-0.2, -0.15) is 0 Å². The molecule has 0 spiro atoms. The summed E-state index contributed by atoms with van der Waals surface area (Å²) in [5.74, 6) is 0.581. The smallest absolute Gasteiger partial charge is 0.230 e. The molecule has 18 heavy (non-hydrogen) atoms. The Hall–Kier alpha value is -1.00. The highest BCUT2D eigenvalue weighted by atomic mass is 32.2. The SMILES string of the molecule is CCCNCc1ccc(SCC(=O)NCC)cc1. The standard InChI is InChI=1S/C14H22N2OS/c1-3-9-15-10-12-5-7-13(8-6-12)18-11-14(17)16-4-2/h5-8,15H,3-4,9-11H2,1-2H3,(H,16,17). The van der Waals surface area contributed by atoms with Crippen LogP contribution >= 0.6 is 11.8 Å². The molecule has 1 rings (SSSR count). The second-order valence-electron chi connectivity index (χ2n) is 4.06. The lowest BCUT2D eigenvalue weighted by atomic mass is 10.2. The predicted molar refractivity (Wildman–Crippen MR) is 77.8 cm³/mol. The number of benzene rings is 1. The van der Waals surface area contributed by atoms with Gasteiger partial charge in [0, 0.05) is 18.0 Å². The van der Waals surface area contributed by atoms with Crippen LogP contribution < -0.4 is 10.6 Å². The van der Waals surface area contributed by atoms with Crippen LogP contribution in [-0.2, 0) is 11.3 Å². The summed E-state index contributed by atoms with van der Waals surface area (Å²) in [6.07, 6.45) is 1.15. The molecule has 0 bridgehead atoms. The molecule has 0 aliphatic heterocycles. The molecule has 0 fully saturated rings. The zero-order chi connectivity index (χ0) is 13.2. The van der Waals surface area contributed by atoms with E-state index < -0.39 is 0 Å². The van der Waals surface area contributed by atoms with Gasteiger partial charge < -0.3 is 10.6 Å². The molecule has 2 N–H and O–H groups in total. The molecular weight excluding hydrogens is 244 g/mol. The van der Waals surface area contributed by atoms with Crippen molar-refractivity contribution in [3.63, 3.8) is 0 Å². The number of hydrogen-bond acceptors (Lipinski definition) is 3. The number of carbonyl (C=O) groups excluding carboxylic acids is 1. The highest BCUT2D eigenvalue weighted by Crippen LogP contribution is 2.18. The molecule has 3 nitrogen and oxygen atoms in total. The van der Waals surface area contributed by atoms with Gasteiger partial charge in [0.2, 0.25) is 5.91 Å². The van der Waals surface area contributed by atoms with Crippen LogP contribution in [0.15, 0.2) is 29.2 Å². The fourth-order valence-electron chi connectivity index (χ4n) is 1.51. The van der Waals surface area contributed by atoms with E-state index in [0.717, 1.165) is 24.4 Å². The number of nitrogens with one attached hydrogen (secondary N) is 2. The maximum absolute atomic E-state index is 11.3. The Kier molecular flexibility index (Phi) is 7.53. The third-order valence-electron chi connectivity index (χ3n) is 2.42. The largest absolute Gasteiger partial charge is 0.356 e. The highest BCUT2D eigenvalue weighted by Gasteiger charge is 2.01. The molecule has 1 amide bonds. The molecule has 0 heterocycles. The molecule has 100 valence electrons. The van der Waals surface area contributed by atoms with E-state index in [1.54, 1.807) is 11.8 Å². The van der Waals surface area contributed by atoms with E-state index in [1.165, 1.54) is 5.56 Å². The van der Waals surface area contributed by atoms with Crippen molar-refractivity contribution < 1.29 is 4.79 Å². The molecule has 0 unspecified atom stereocenters. The average molecular weight is 266 g/mol. The fourth-order valence-corrected chi connectivity index (χ4v) is 2.24. The lowest BCUT2D eigenvalue weighted by Crippen LogP contribution is -2.24. The van der Waals surface area contributed by atoms with Crippen LogP contribution in [0.5, 0.6) is 0 Å². The Balaban J connectivity index is 2.33. The molecule has 0 aliphatic rings. The van der Waals surface area contributed by atoms with Crippen molar-refractivity contribution in [2.45, 2.75) is 31.7 Å². The zero-order valence-corrected chi connectivity index (χ0v) is 12.0. The topological polar surface area (TPSA) is 41.1 Å². The third-order valence-corrected chi connectivity index (χ3v) is 3.44. The summed E-state index contributed by atoms with van der Waals surface area (Å²) in [4.78, 5) is 12.5. The first-order chi connectivity index (χ1) is 8.76. The van der Waals surface area contributed by atoms with Crippen molar-refractivity contribution in [1.82, 2.24) is 10.6 Å². The first kappa shape index (κ1) is 15.1. The molecule has 0 saturated carbocycles. The Labute approximate surface area is 114 Å². The Bertz CT molecular complexity index is 351. The van der Waals surface area contributed by atoms with Gasteiger partial charge in [0.25, 0.3) is 0 Å². The van der Waals surface area contributed by atoms with Crippen molar-refractivity contribution >= 4 is 17.7 Å². The van der Waals surface area contributed by atoms with Crippen molar-refractivity contribution in [3.8, 4) is 0 Å². The van der Waals surface area contributed by atoms with Crippen LogP contribution in [0.4, 0.5) is 0 Å². The van der Waals surface area contributed by atoms with Gasteiger partial charge in [0.1, 0.15) is 0 Å². The van der Waals surface area contributed by atoms with E-state index in [0.29, 0.717) is 12.3 Å². The van der Waals surface area contributed by atoms with Crippen LogP contribution in [0, 0.1) is 0 Å². The van der Waals surface area contributed by atoms with Crippen molar-refractivity contribution in [2.24, 2.45) is 0 Å². The van der Waals surface area contributed by atoms with E-state index >= 15 is 0 Å². The second kappa shape index (κ2) is 9.00. The maximum atomic E-state index is 11.3. The summed E-state index contributed by atoms with van der Waals surface area (Å²) >= 11 is 1.57. The van der Waals surface area contributed by atoms with Gasteiger partial charge in [-0.25, -0.2) is 0 Å². The van der Waals surface area contributed by atoms with E-state index in [4.69, 9.17) is 0 Å². The zero-order valence-electron chi connectivity index (χ0n) is 11.2. The van der Waals surface area contributed by atoms with Crippen LogP contribution in [0.2, 0.25) is 0 Å². The number of rotatable bonds is 8. The number of thioether (sulfide) groups is 1. The van der Waals surface area contributed by atoms with Gasteiger partial charge in [0.15, 0.2) is 0 Å². The van der Waals surface area contributed by atoms with Crippen LogP contribution in [-0.4, -0.2) is 24.7 Å². The maximum Gasteiger partial charge on any atom is 0.230 e. The number of amides is 1. The minimum absolute atomic E-state index is 0.0937. The number of carbonyl (C=O) groups is 1. The highest BCUT2D eigenvalue weighted by molar-refractivity contribution is 8.00. The molecular formula is C14H22N2OS. The molecule has 0 aliphatic carbocycles. The van der Waals surface area contributed by atoms with Crippen LogP contribution in [0.25, 0.3) is 0 Å². The van der Waals surface area contributed by atoms with Crippen LogP contribution in [0.3, 0.4) is 0 Å². The Morgan fingerprint density at radius 3 is 2.56 bits per heavy atom. The first-order valence-electron chi connectivity index (χ1n) is 6.45. The summed E-state index contributed by atoms with van der Waals surface area (Å²) in [7, 11) is 0. The quantitative estimate of drug-likeness (QED) is 0.561. The Morgan fingerprint density at radius 2 is 1.94 bits per heavy atom.